The van der Waals surface area contributed by atoms with Crippen LogP contribution in [0.25, 0.3) is 0 Å². The van der Waals surface area contributed by atoms with Crippen LogP contribution in [0.1, 0.15) is 17.3 Å². The Morgan fingerprint density at radius 2 is 2.00 bits per heavy atom. The molecule has 0 radical (unpaired) electrons. The van der Waals surface area contributed by atoms with Crippen molar-refractivity contribution < 1.29 is 13.2 Å². The monoisotopic (exact) mass is 258 g/mol. The molecule has 2 nitrogen and oxygen atoms in total. The van der Waals surface area contributed by atoms with Crippen molar-refractivity contribution in [3.63, 3.8) is 0 Å². The number of nitrogens with one attached hydrogen (secondary N) is 1. The second-order valence-corrected chi connectivity index (χ2v) is 4.12. The van der Waals surface area contributed by atoms with Gasteiger partial charge in [0.1, 0.15) is 0 Å². The van der Waals surface area contributed by atoms with E-state index in [-0.39, 0.29) is 5.56 Å². The molecular formula is C11H9F3N2S. The van der Waals surface area contributed by atoms with Crippen molar-refractivity contribution in [2.24, 2.45) is 0 Å². The summed E-state index contributed by atoms with van der Waals surface area (Å²) in [6, 6.07) is 1.54. The number of hydrogen-bond acceptors (Lipinski definition) is 3. The Bertz CT molecular complexity index is 514. The lowest BCUT2D eigenvalue weighted by Crippen LogP contribution is -2.20. The second kappa shape index (κ2) is 4.85. The van der Waals surface area contributed by atoms with Gasteiger partial charge in [-0.05, 0) is 13.1 Å². The summed E-state index contributed by atoms with van der Waals surface area (Å²) in [4.78, 5) is 4.03. The highest BCUT2D eigenvalue weighted by atomic mass is 32.1. The summed E-state index contributed by atoms with van der Waals surface area (Å²) in [6.45, 7) is 0. The maximum absolute atomic E-state index is 13.6. The van der Waals surface area contributed by atoms with Gasteiger partial charge in [0.05, 0.1) is 17.2 Å². The van der Waals surface area contributed by atoms with E-state index in [2.05, 4.69) is 10.3 Å². The molecule has 6 heteroatoms. The molecule has 0 aliphatic carbocycles. The van der Waals surface area contributed by atoms with Crippen molar-refractivity contribution in [2.45, 2.75) is 6.04 Å². The van der Waals surface area contributed by atoms with Gasteiger partial charge in [0, 0.05) is 10.9 Å². The smallest absolute Gasteiger partial charge is 0.194 e. The maximum Gasteiger partial charge on any atom is 0.194 e. The Balaban J connectivity index is 2.49. The fourth-order valence-electron chi connectivity index (χ4n) is 1.59. The van der Waals surface area contributed by atoms with E-state index in [1.807, 2.05) is 0 Å². The van der Waals surface area contributed by atoms with Crippen LogP contribution >= 0.6 is 11.3 Å². The molecule has 1 aromatic heterocycles. The number of halogens is 3. The Labute approximate surface area is 100 Å². The van der Waals surface area contributed by atoms with E-state index in [0.29, 0.717) is 5.69 Å². The van der Waals surface area contributed by atoms with Crippen molar-refractivity contribution in [1.29, 1.82) is 0 Å². The zero-order valence-electron chi connectivity index (χ0n) is 8.88. The van der Waals surface area contributed by atoms with E-state index in [1.54, 1.807) is 17.9 Å². The lowest BCUT2D eigenvalue weighted by molar-refractivity contribution is 0.434. The Morgan fingerprint density at radius 3 is 2.59 bits per heavy atom. The van der Waals surface area contributed by atoms with Crippen molar-refractivity contribution in [1.82, 2.24) is 10.3 Å². The molecule has 1 N–H and O–H groups in total. The van der Waals surface area contributed by atoms with Crippen LogP contribution in [0.2, 0.25) is 0 Å². The Hall–Kier alpha value is -1.40. The minimum atomic E-state index is -1.46. The van der Waals surface area contributed by atoms with Gasteiger partial charge in [-0.3, -0.25) is 0 Å². The summed E-state index contributed by atoms with van der Waals surface area (Å²) in [6.07, 6.45) is 0. The van der Waals surface area contributed by atoms with Crippen molar-refractivity contribution in [3.8, 4) is 0 Å². The number of benzene rings is 1. The molecule has 2 aromatic rings. The first kappa shape index (κ1) is 12.1. The van der Waals surface area contributed by atoms with Crippen LogP contribution in [0, 0.1) is 17.5 Å². The molecule has 0 bridgehead atoms. The molecule has 0 amide bonds. The van der Waals surface area contributed by atoms with E-state index in [1.165, 1.54) is 17.4 Å². The average Bonchev–Trinajstić information content (AvgIpc) is 2.84. The highest BCUT2D eigenvalue weighted by molar-refractivity contribution is 7.07. The van der Waals surface area contributed by atoms with Gasteiger partial charge in [-0.25, -0.2) is 18.2 Å². The van der Waals surface area contributed by atoms with Crippen LogP contribution in [-0.4, -0.2) is 12.0 Å². The normalized spacial score (nSPS) is 12.7. The first-order valence-corrected chi connectivity index (χ1v) is 5.78. The molecule has 0 aliphatic rings. The average molecular weight is 258 g/mol. The number of aromatic nitrogens is 1. The quantitative estimate of drug-likeness (QED) is 0.856. The van der Waals surface area contributed by atoms with Crippen LogP contribution < -0.4 is 5.32 Å². The molecule has 2 rings (SSSR count). The lowest BCUT2D eigenvalue weighted by Gasteiger charge is -2.15. The molecule has 17 heavy (non-hydrogen) atoms. The number of rotatable bonds is 3. The van der Waals surface area contributed by atoms with Crippen LogP contribution in [0.3, 0.4) is 0 Å². The van der Waals surface area contributed by atoms with E-state index >= 15 is 0 Å². The third-order valence-corrected chi connectivity index (χ3v) is 3.02. The van der Waals surface area contributed by atoms with Crippen LogP contribution in [0.4, 0.5) is 13.2 Å². The highest BCUT2D eigenvalue weighted by Gasteiger charge is 2.22. The van der Waals surface area contributed by atoms with Gasteiger partial charge in [0.2, 0.25) is 0 Å². The van der Waals surface area contributed by atoms with Gasteiger partial charge in [0.25, 0.3) is 0 Å². The predicted octanol–water partition coefficient (Wildman–Crippen LogP) is 2.87. The zero-order chi connectivity index (χ0) is 12.4. The lowest BCUT2D eigenvalue weighted by atomic mass is 10.0. The number of hydrogen-bond donors (Lipinski definition) is 1. The van der Waals surface area contributed by atoms with Crippen molar-refractivity contribution in [3.05, 3.63) is 51.7 Å². The summed E-state index contributed by atoms with van der Waals surface area (Å²) < 4.78 is 39.6. The zero-order valence-corrected chi connectivity index (χ0v) is 9.69. The molecule has 1 heterocycles. The largest absolute Gasteiger partial charge is 0.308 e. The highest BCUT2D eigenvalue weighted by Crippen LogP contribution is 2.26. The Kier molecular flexibility index (Phi) is 3.44. The second-order valence-electron chi connectivity index (χ2n) is 3.40. The number of thiazole rings is 1. The van der Waals surface area contributed by atoms with Crippen LogP contribution in [0.15, 0.2) is 23.0 Å². The summed E-state index contributed by atoms with van der Waals surface area (Å²) in [7, 11) is 1.60. The summed E-state index contributed by atoms with van der Waals surface area (Å²) in [5.74, 6) is -3.84. The molecule has 0 saturated heterocycles. The summed E-state index contributed by atoms with van der Waals surface area (Å²) in [5, 5.41) is 4.55. The van der Waals surface area contributed by atoms with Crippen molar-refractivity contribution >= 4 is 11.3 Å². The van der Waals surface area contributed by atoms with Crippen molar-refractivity contribution in [2.75, 3.05) is 7.05 Å². The molecule has 0 aliphatic heterocycles. The molecular weight excluding hydrogens is 249 g/mol. The van der Waals surface area contributed by atoms with Gasteiger partial charge in [-0.15, -0.1) is 11.3 Å². The topological polar surface area (TPSA) is 24.9 Å². The molecule has 0 saturated carbocycles. The molecule has 0 spiro atoms. The van der Waals surface area contributed by atoms with E-state index in [0.717, 1.165) is 6.07 Å². The van der Waals surface area contributed by atoms with Gasteiger partial charge in [-0.2, -0.15) is 0 Å². The van der Waals surface area contributed by atoms with E-state index < -0.39 is 23.5 Å². The molecule has 90 valence electrons. The fourth-order valence-corrected chi connectivity index (χ4v) is 2.17. The molecule has 1 aromatic carbocycles. The first-order chi connectivity index (χ1) is 8.15. The van der Waals surface area contributed by atoms with Crippen LogP contribution in [0.5, 0.6) is 0 Å². The van der Waals surface area contributed by atoms with Gasteiger partial charge in [-0.1, -0.05) is 6.07 Å². The predicted molar refractivity (Wildman–Crippen MR) is 59.3 cm³/mol. The third-order valence-electron chi connectivity index (χ3n) is 2.41. The fraction of sp³-hybridized carbons (Fsp3) is 0.182. The van der Waals surface area contributed by atoms with E-state index in [9.17, 15) is 13.2 Å². The minimum absolute atomic E-state index is 0.0392. The van der Waals surface area contributed by atoms with Gasteiger partial charge < -0.3 is 5.32 Å². The standard InChI is InChI=1S/C11H9F3N2S/c1-15-11(8-4-17-5-16-8)6-2-3-7(12)10(14)9(6)13/h2-5,11,15H,1H3. The molecule has 0 fully saturated rings. The Morgan fingerprint density at radius 1 is 1.24 bits per heavy atom. The third kappa shape index (κ3) is 2.18. The number of nitrogens with zero attached hydrogens (tertiary/aromatic N) is 1. The van der Waals surface area contributed by atoms with Gasteiger partial charge >= 0.3 is 0 Å². The van der Waals surface area contributed by atoms with Gasteiger partial charge in [0.15, 0.2) is 17.5 Å². The van der Waals surface area contributed by atoms with E-state index in [4.69, 9.17) is 0 Å². The minimum Gasteiger partial charge on any atom is -0.308 e. The molecule has 1 atom stereocenters. The summed E-state index contributed by atoms with van der Waals surface area (Å²) in [5.41, 5.74) is 2.21. The first-order valence-electron chi connectivity index (χ1n) is 4.84. The van der Waals surface area contributed by atoms with Crippen LogP contribution in [-0.2, 0) is 0 Å². The maximum atomic E-state index is 13.6. The molecule has 1 unspecified atom stereocenters. The SMILES string of the molecule is CNC(c1cscn1)c1ccc(F)c(F)c1F. The summed E-state index contributed by atoms with van der Waals surface area (Å²) >= 11 is 1.35.